The molecule has 0 aliphatic heterocycles. The number of sulfonamides is 1. The number of nitrogens with zero attached hydrogens (tertiary/aromatic N) is 2. The molecule has 0 aliphatic rings. The summed E-state index contributed by atoms with van der Waals surface area (Å²) in [6.07, 6.45) is 1.51. The van der Waals surface area contributed by atoms with Crippen molar-refractivity contribution in [3.8, 4) is 5.69 Å². The van der Waals surface area contributed by atoms with Crippen LogP contribution in [-0.4, -0.2) is 19.2 Å². The average Bonchev–Trinajstić information content (AvgIpc) is 2.89. The van der Waals surface area contributed by atoms with Gasteiger partial charge in [-0.3, -0.25) is 0 Å². The topological polar surface area (TPSA) is 63.5 Å². The highest BCUT2D eigenvalue weighted by Gasteiger charge is 2.13. The van der Waals surface area contributed by atoms with E-state index in [1.807, 2.05) is 55.7 Å². The Hall–Kier alpha value is -2.57. The molecule has 5 nitrogen and oxygen atoms in total. The van der Waals surface area contributed by atoms with Gasteiger partial charge in [0, 0.05) is 27.7 Å². The molecule has 3 rings (SSSR count). The molecular formula is C20H20ClN3O2S. The normalized spacial score (nSPS) is 11.9. The van der Waals surface area contributed by atoms with Gasteiger partial charge < -0.3 is 4.57 Å². The van der Waals surface area contributed by atoms with E-state index in [4.69, 9.17) is 11.6 Å². The number of hydrogen-bond acceptors (Lipinski definition) is 3. The van der Waals surface area contributed by atoms with Gasteiger partial charge in [0.1, 0.15) is 0 Å². The van der Waals surface area contributed by atoms with Crippen LogP contribution >= 0.6 is 11.6 Å². The van der Waals surface area contributed by atoms with Crippen LogP contribution in [0.4, 0.5) is 0 Å². The largest absolute Gasteiger partial charge is 0.318 e. The molecule has 1 heterocycles. The van der Waals surface area contributed by atoms with Crippen LogP contribution in [0.1, 0.15) is 22.5 Å². The summed E-state index contributed by atoms with van der Waals surface area (Å²) in [5.41, 5.74) is 4.69. The van der Waals surface area contributed by atoms with Gasteiger partial charge in [-0.2, -0.15) is 13.5 Å². The second-order valence-corrected chi connectivity index (χ2v) is 8.41. The Morgan fingerprint density at radius 3 is 2.41 bits per heavy atom. The molecule has 0 spiro atoms. The molecule has 7 heteroatoms. The van der Waals surface area contributed by atoms with Crippen molar-refractivity contribution >= 4 is 27.8 Å². The predicted octanol–water partition coefficient (Wildman–Crippen LogP) is 4.37. The van der Waals surface area contributed by atoms with Crippen molar-refractivity contribution in [2.24, 2.45) is 5.10 Å². The Balaban J connectivity index is 1.84. The Kier molecular flexibility index (Phi) is 5.39. The summed E-state index contributed by atoms with van der Waals surface area (Å²) in [7, 11) is -3.69. The van der Waals surface area contributed by atoms with Gasteiger partial charge in [-0.15, -0.1) is 0 Å². The van der Waals surface area contributed by atoms with Crippen molar-refractivity contribution in [3.63, 3.8) is 0 Å². The lowest BCUT2D eigenvalue weighted by Crippen LogP contribution is -2.18. The zero-order valence-corrected chi connectivity index (χ0v) is 16.8. The first-order chi connectivity index (χ1) is 12.8. The first-order valence-electron chi connectivity index (χ1n) is 8.34. The monoisotopic (exact) mass is 401 g/mol. The van der Waals surface area contributed by atoms with Crippen LogP contribution in [0.25, 0.3) is 5.69 Å². The van der Waals surface area contributed by atoms with Crippen LogP contribution in [0.2, 0.25) is 5.02 Å². The van der Waals surface area contributed by atoms with Crippen molar-refractivity contribution in [2.75, 3.05) is 0 Å². The van der Waals surface area contributed by atoms with E-state index in [1.54, 1.807) is 24.3 Å². The summed E-state index contributed by atoms with van der Waals surface area (Å²) >= 11 is 6.09. The molecule has 0 radical (unpaired) electrons. The number of rotatable bonds is 5. The number of aromatic nitrogens is 1. The van der Waals surface area contributed by atoms with E-state index < -0.39 is 10.0 Å². The quantitative estimate of drug-likeness (QED) is 0.509. The molecule has 0 fully saturated rings. The lowest BCUT2D eigenvalue weighted by atomic mass is 10.2. The third kappa shape index (κ3) is 4.23. The Morgan fingerprint density at radius 2 is 1.74 bits per heavy atom. The molecule has 3 aromatic rings. The summed E-state index contributed by atoms with van der Waals surface area (Å²) in [6.45, 7) is 5.82. The van der Waals surface area contributed by atoms with E-state index >= 15 is 0 Å². The van der Waals surface area contributed by atoms with Gasteiger partial charge in [-0.1, -0.05) is 35.4 Å². The maximum atomic E-state index is 12.3. The second-order valence-electron chi connectivity index (χ2n) is 6.31. The molecular weight excluding hydrogens is 382 g/mol. The van der Waals surface area contributed by atoms with Crippen molar-refractivity contribution in [3.05, 3.63) is 82.1 Å². The number of hydrazone groups is 1. The van der Waals surface area contributed by atoms with Gasteiger partial charge in [0.2, 0.25) is 0 Å². The molecule has 0 atom stereocenters. The summed E-state index contributed by atoms with van der Waals surface area (Å²) in [5, 5.41) is 4.59. The van der Waals surface area contributed by atoms with E-state index in [0.717, 1.165) is 28.2 Å². The molecule has 0 saturated heterocycles. The summed E-state index contributed by atoms with van der Waals surface area (Å²) in [4.78, 5) is 2.43. The van der Waals surface area contributed by atoms with Crippen LogP contribution in [0.3, 0.4) is 0 Å². The van der Waals surface area contributed by atoms with Crippen LogP contribution in [-0.2, 0) is 10.0 Å². The van der Waals surface area contributed by atoms with Gasteiger partial charge in [0.25, 0.3) is 10.0 Å². The number of hydrogen-bond donors (Lipinski definition) is 1. The lowest BCUT2D eigenvalue weighted by Gasteiger charge is -2.09. The molecule has 0 bridgehead atoms. The Labute approximate surface area is 164 Å². The first-order valence-corrected chi connectivity index (χ1v) is 10.2. The molecule has 0 aliphatic carbocycles. The van der Waals surface area contributed by atoms with Gasteiger partial charge in [0.15, 0.2) is 0 Å². The lowest BCUT2D eigenvalue weighted by molar-refractivity contribution is 0.584. The van der Waals surface area contributed by atoms with E-state index in [1.165, 1.54) is 6.21 Å². The molecule has 0 amide bonds. The molecule has 1 N–H and O–H groups in total. The predicted molar refractivity (Wildman–Crippen MR) is 109 cm³/mol. The highest BCUT2D eigenvalue weighted by molar-refractivity contribution is 7.89. The summed E-state index contributed by atoms with van der Waals surface area (Å²) in [5.74, 6) is 0. The molecule has 27 heavy (non-hydrogen) atoms. The fraction of sp³-hybridized carbons (Fsp3) is 0.150. The van der Waals surface area contributed by atoms with Crippen molar-refractivity contribution in [2.45, 2.75) is 25.7 Å². The molecule has 0 saturated carbocycles. The minimum atomic E-state index is -3.69. The highest BCUT2D eigenvalue weighted by atomic mass is 35.5. The maximum absolute atomic E-state index is 12.3. The summed E-state index contributed by atoms with van der Waals surface area (Å²) < 4.78 is 26.7. The molecule has 0 unspecified atom stereocenters. The third-order valence-corrected chi connectivity index (χ3v) is 5.72. The molecule has 1 aromatic heterocycles. The highest BCUT2D eigenvalue weighted by Crippen LogP contribution is 2.22. The van der Waals surface area contributed by atoms with Crippen LogP contribution < -0.4 is 4.83 Å². The van der Waals surface area contributed by atoms with Crippen molar-refractivity contribution < 1.29 is 8.42 Å². The number of nitrogens with one attached hydrogen (secondary N) is 1. The van der Waals surface area contributed by atoms with Gasteiger partial charge in [0.05, 0.1) is 11.1 Å². The van der Waals surface area contributed by atoms with Crippen LogP contribution in [0.5, 0.6) is 0 Å². The molecule has 140 valence electrons. The summed E-state index contributed by atoms with van der Waals surface area (Å²) in [6, 6.07) is 16.1. The number of aryl methyl sites for hydroxylation is 2. The fourth-order valence-corrected chi connectivity index (χ4v) is 3.84. The number of benzene rings is 2. The minimum absolute atomic E-state index is 0.176. The van der Waals surface area contributed by atoms with Gasteiger partial charge in [-0.05, 0) is 57.2 Å². The standard InChI is InChI=1S/C20H20ClN3O2S/c1-14-7-9-20(10-8-14)27(25,26)23-22-13-17-11-15(2)24(16(17)3)19-6-4-5-18(21)12-19/h4-13,23H,1-3H3/b22-13-. The maximum Gasteiger partial charge on any atom is 0.276 e. The SMILES string of the molecule is Cc1ccc(S(=O)(=O)N/N=C\c2cc(C)n(-c3cccc(Cl)c3)c2C)cc1. The fourth-order valence-electron chi connectivity index (χ4n) is 2.87. The average molecular weight is 402 g/mol. The van der Waals surface area contributed by atoms with E-state index in [-0.39, 0.29) is 4.90 Å². The van der Waals surface area contributed by atoms with Gasteiger partial charge in [-0.25, -0.2) is 4.83 Å². The Bertz CT molecular complexity index is 1100. The van der Waals surface area contributed by atoms with E-state index in [0.29, 0.717) is 5.02 Å². The van der Waals surface area contributed by atoms with Crippen molar-refractivity contribution in [1.82, 2.24) is 9.40 Å². The zero-order chi connectivity index (χ0) is 19.6. The second kappa shape index (κ2) is 7.58. The van der Waals surface area contributed by atoms with E-state index in [2.05, 4.69) is 9.93 Å². The minimum Gasteiger partial charge on any atom is -0.318 e. The first kappa shape index (κ1) is 19.2. The number of halogens is 1. The Morgan fingerprint density at radius 1 is 1.04 bits per heavy atom. The van der Waals surface area contributed by atoms with Crippen LogP contribution in [0.15, 0.2) is 64.6 Å². The smallest absolute Gasteiger partial charge is 0.276 e. The van der Waals surface area contributed by atoms with Crippen LogP contribution in [0, 0.1) is 20.8 Å². The molecule has 2 aromatic carbocycles. The third-order valence-electron chi connectivity index (χ3n) is 4.24. The zero-order valence-electron chi connectivity index (χ0n) is 15.3. The van der Waals surface area contributed by atoms with Crippen molar-refractivity contribution in [1.29, 1.82) is 0 Å². The van der Waals surface area contributed by atoms with Gasteiger partial charge >= 0.3 is 0 Å². The van der Waals surface area contributed by atoms with E-state index in [9.17, 15) is 8.42 Å².